The lowest BCUT2D eigenvalue weighted by molar-refractivity contribution is 0.641. The van der Waals surface area contributed by atoms with Crippen LogP contribution in [0.4, 0.5) is 10.9 Å². The largest absolute Gasteiger partial charge is 0.353 e. The first-order valence-corrected chi connectivity index (χ1v) is 9.13. The van der Waals surface area contributed by atoms with Gasteiger partial charge in [0.05, 0.1) is 5.69 Å². The molecule has 0 unspecified atom stereocenters. The van der Waals surface area contributed by atoms with Crippen molar-refractivity contribution in [3.8, 4) is 5.82 Å². The minimum Gasteiger partial charge on any atom is -0.353 e. The van der Waals surface area contributed by atoms with Gasteiger partial charge < -0.3 is 9.80 Å². The van der Waals surface area contributed by atoms with E-state index in [-0.39, 0.29) is 0 Å². The Morgan fingerprint density at radius 2 is 1.64 bits per heavy atom. The second-order valence-corrected chi connectivity index (χ2v) is 6.98. The van der Waals surface area contributed by atoms with Gasteiger partial charge in [-0.15, -0.1) is 10.2 Å². The monoisotopic (exact) mass is 356 g/mol. The molecule has 0 spiro atoms. The summed E-state index contributed by atoms with van der Waals surface area (Å²) in [6.07, 6.45) is 0. The van der Waals surface area contributed by atoms with E-state index in [2.05, 4.69) is 41.1 Å². The predicted molar refractivity (Wildman–Crippen MR) is 97.7 cm³/mol. The average molecular weight is 356 g/mol. The molecule has 1 aliphatic heterocycles. The van der Waals surface area contributed by atoms with Gasteiger partial charge in [-0.2, -0.15) is 5.10 Å². The summed E-state index contributed by atoms with van der Waals surface area (Å²) in [4.78, 5) is 13.8. The summed E-state index contributed by atoms with van der Waals surface area (Å²) >= 11 is 1.58. The van der Waals surface area contributed by atoms with Crippen molar-refractivity contribution in [2.75, 3.05) is 36.0 Å². The van der Waals surface area contributed by atoms with Gasteiger partial charge in [-0.3, -0.25) is 0 Å². The first-order valence-electron chi connectivity index (χ1n) is 8.25. The third-order valence-corrected chi connectivity index (χ3v) is 5.01. The molecule has 1 fully saturated rings. The highest BCUT2D eigenvalue weighted by atomic mass is 32.1. The van der Waals surface area contributed by atoms with Crippen LogP contribution in [0.5, 0.6) is 0 Å². The van der Waals surface area contributed by atoms with E-state index < -0.39 is 0 Å². The van der Waals surface area contributed by atoms with Gasteiger partial charge in [-0.1, -0.05) is 11.3 Å². The summed E-state index contributed by atoms with van der Waals surface area (Å²) in [5, 5.41) is 13.6. The zero-order chi connectivity index (χ0) is 17.4. The third kappa shape index (κ3) is 3.19. The maximum absolute atomic E-state index is 4.64. The second-order valence-electron chi connectivity index (χ2n) is 6.17. The zero-order valence-corrected chi connectivity index (χ0v) is 15.4. The lowest BCUT2D eigenvalue weighted by atomic mass is 10.3. The molecule has 0 saturated carbocycles. The van der Waals surface area contributed by atoms with E-state index >= 15 is 0 Å². The molecule has 1 saturated heterocycles. The fraction of sp³-hybridized carbons (Fsp3) is 0.438. The average Bonchev–Trinajstić information content (AvgIpc) is 3.24. The van der Waals surface area contributed by atoms with E-state index in [1.807, 2.05) is 31.5 Å². The Labute approximate surface area is 150 Å². The SMILES string of the molecule is Cc1cc(C)n(-c2cc(N3CCN(c4nncs4)CC3)nc(C)n2)n1. The highest BCUT2D eigenvalue weighted by Gasteiger charge is 2.21. The molecule has 9 heteroatoms. The summed E-state index contributed by atoms with van der Waals surface area (Å²) in [7, 11) is 0. The smallest absolute Gasteiger partial charge is 0.208 e. The third-order valence-electron chi connectivity index (χ3n) is 4.26. The van der Waals surface area contributed by atoms with Crippen molar-refractivity contribution >= 4 is 22.3 Å². The van der Waals surface area contributed by atoms with E-state index in [0.717, 1.165) is 60.2 Å². The van der Waals surface area contributed by atoms with Gasteiger partial charge in [0.25, 0.3) is 0 Å². The van der Waals surface area contributed by atoms with Crippen LogP contribution in [-0.2, 0) is 0 Å². The van der Waals surface area contributed by atoms with E-state index in [4.69, 9.17) is 0 Å². The van der Waals surface area contributed by atoms with Gasteiger partial charge >= 0.3 is 0 Å². The number of anilines is 2. The fourth-order valence-electron chi connectivity index (χ4n) is 3.10. The molecular weight excluding hydrogens is 336 g/mol. The highest BCUT2D eigenvalue weighted by molar-refractivity contribution is 7.13. The summed E-state index contributed by atoms with van der Waals surface area (Å²) in [5.41, 5.74) is 3.83. The topological polar surface area (TPSA) is 75.9 Å². The van der Waals surface area contributed by atoms with Crippen molar-refractivity contribution < 1.29 is 0 Å². The fourth-order valence-corrected chi connectivity index (χ4v) is 3.71. The summed E-state index contributed by atoms with van der Waals surface area (Å²) < 4.78 is 1.88. The molecule has 0 amide bonds. The number of aromatic nitrogens is 6. The molecule has 130 valence electrons. The molecule has 3 aromatic heterocycles. The number of aryl methyl sites for hydroxylation is 3. The van der Waals surface area contributed by atoms with Crippen molar-refractivity contribution in [1.82, 2.24) is 29.9 Å². The van der Waals surface area contributed by atoms with Gasteiger partial charge in [-0.05, 0) is 26.8 Å². The number of piperazine rings is 1. The molecule has 4 heterocycles. The standard InChI is InChI=1S/C16H20N8S/c1-11-8-12(2)24(21-11)15-9-14(18-13(3)19-15)22-4-6-23(7-5-22)16-20-17-10-25-16/h8-10H,4-7H2,1-3H3. The summed E-state index contributed by atoms with van der Waals surface area (Å²) in [6.45, 7) is 9.57. The van der Waals surface area contributed by atoms with Crippen molar-refractivity contribution in [2.45, 2.75) is 20.8 Å². The van der Waals surface area contributed by atoms with Gasteiger partial charge in [0, 0.05) is 37.9 Å². The number of hydrogen-bond acceptors (Lipinski definition) is 8. The molecule has 1 aliphatic rings. The van der Waals surface area contributed by atoms with Crippen molar-refractivity contribution in [3.05, 3.63) is 34.9 Å². The maximum Gasteiger partial charge on any atom is 0.208 e. The number of rotatable bonds is 3. The Morgan fingerprint density at radius 1 is 0.920 bits per heavy atom. The van der Waals surface area contributed by atoms with E-state index in [0.29, 0.717) is 0 Å². The van der Waals surface area contributed by atoms with Crippen LogP contribution in [0.1, 0.15) is 17.2 Å². The Balaban J connectivity index is 1.56. The van der Waals surface area contributed by atoms with Crippen molar-refractivity contribution in [3.63, 3.8) is 0 Å². The summed E-state index contributed by atoms with van der Waals surface area (Å²) in [6, 6.07) is 4.07. The molecule has 0 aliphatic carbocycles. The molecule has 0 N–H and O–H groups in total. The van der Waals surface area contributed by atoms with Crippen LogP contribution in [0.25, 0.3) is 5.82 Å². The normalized spacial score (nSPS) is 15.0. The van der Waals surface area contributed by atoms with Gasteiger partial charge in [0.1, 0.15) is 17.2 Å². The Hall–Kier alpha value is -2.55. The lowest BCUT2D eigenvalue weighted by Crippen LogP contribution is -2.47. The molecule has 0 bridgehead atoms. The van der Waals surface area contributed by atoms with Crippen molar-refractivity contribution in [2.24, 2.45) is 0 Å². The van der Waals surface area contributed by atoms with Gasteiger partial charge in [-0.25, -0.2) is 14.6 Å². The second kappa shape index (κ2) is 6.40. The molecule has 25 heavy (non-hydrogen) atoms. The van der Waals surface area contributed by atoms with Crippen LogP contribution in [0.15, 0.2) is 17.6 Å². The quantitative estimate of drug-likeness (QED) is 0.708. The highest BCUT2D eigenvalue weighted by Crippen LogP contribution is 2.22. The zero-order valence-electron chi connectivity index (χ0n) is 14.5. The van der Waals surface area contributed by atoms with Crippen LogP contribution in [0.3, 0.4) is 0 Å². The first kappa shape index (κ1) is 15.9. The predicted octanol–water partition coefficient (Wildman–Crippen LogP) is 1.77. The number of hydrogen-bond donors (Lipinski definition) is 0. The first-order chi connectivity index (χ1) is 12.1. The maximum atomic E-state index is 4.64. The molecule has 0 atom stereocenters. The molecule has 4 rings (SSSR count). The van der Waals surface area contributed by atoms with E-state index in [1.165, 1.54) is 0 Å². The van der Waals surface area contributed by atoms with Crippen LogP contribution in [-0.4, -0.2) is 56.1 Å². The minimum atomic E-state index is 0.756. The summed E-state index contributed by atoms with van der Waals surface area (Å²) in [5.74, 6) is 2.53. The molecular formula is C16H20N8S. The number of nitrogens with zero attached hydrogens (tertiary/aromatic N) is 8. The van der Waals surface area contributed by atoms with Crippen LogP contribution >= 0.6 is 11.3 Å². The van der Waals surface area contributed by atoms with Gasteiger partial charge in [0.15, 0.2) is 5.82 Å². The molecule has 0 radical (unpaired) electrons. The minimum absolute atomic E-state index is 0.756. The van der Waals surface area contributed by atoms with Crippen molar-refractivity contribution in [1.29, 1.82) is 0 Å². The molecule has 0 aromatic carbocycles. The molecule has 8 nitrogen and oxygen atoms in total. The lowest BCUT2D eigenvalue weighted by Gasteiger charge is -2.35. The molecule has 3 aromatic rings. The Morgan fingerprint density at radius 3 is 2.28 bits per heavy atom. The Kier molecular flexibility index (Phi) is 4.08. The van der Waals surface area contributed by atoms with E-state index in [9.17, 15) is 0 Å². The van der Waals surface area contributed by atoms with Crippen LogP contribution in [0, 0.1) is 20.8 Å². The van der Waals surface area contributed by atoms with Crippen LogP contribution in [0.2, 0.25) is 0 Å². The van der Waals surface area contributed by atoms with Crippen LogP contribution < -0.4 is 9.80 Å². The van der Waals surface area contributed by atoms with E-state index in [1.54, 1.807) is 16.8 Å². The Bertz CT molecular complexity index is 864. The van der Waals surface area contributed by atoms with Gasteiger partial charge in [0.2, 0.25) is 5.13 Å².